The summed E-state index contributed by atoms with van der Waals surface area (Å²) in [4.78, 5) is 18.0. The van der Waals surface area contributed by atoms with Crippen molar-refractivity contribution in [1.29, 1.82) is 0 Å². The summed E-state index contributed by atoms with van der Waals surface area (Å²) in [6, 6.07) is 11.5. The van der Waals surface area contributed by atoms with Gasteiger partial charge in [-0.1, -0.05) is 23.5 Å². The van der Waals surface area contributed by atoms with Gasteiger partial charge >= 0.3 is 5.91 Å². The van der Waals surface area contributed by atoms with E-state index in [1.54, 1.807) is 19.2 Å². The molecule has 0 aliphatic carbocycles. The highest BCUT2D eigenvalue weighted by molar-refractivity contribution is 7.16. The zero-order chi connectivity index (χ0) is 21.3. The Hall–Kier alpha value is -2.90. The lowest BCUT2D eigenvalue weighted by Crippen LogP contribution is -2.19. The van der Waals surface area contributed by atoms with E-state index in [9.17, 15) is 4.79 Å². The molecule has 0 bridgehead atoms. The van der Waals surface area contributed by atoms with Crippen LogP contribution in [0, 0.1) is 13.8 Å². The predicted octanol–water partition coefficient (Wildman–Crippen LogP) is 4.85. The lowest BCUT2D eigenvalue weighted by atomic mass is 10.1. The van der Waals surface area contributed by atoms with E-state index in [4.69, 9.17) is 13.9 Å². The molecule has 4 aromatic rings. The van der Waals surface area contributed by atoms with Crippen LogP contribution in [-0.2, 0) is 11.3 Å². The van der Waals surface area contributed by atoms with Crippen molar-refractivity contribution in [3.05, 3.63) is 58.1 Å². The summed E-state index contributed by atoms with van der Waals surface area (Å²) in [6.45, 7) is 7.96. The zero-order valence-electron chi connectivity index (χ0n) is 17.5. The van der Waals surface area contributed by atoms with Gasteiger partial charge in [-0.2, -0.15) is 4.99 Å². The number of hydrogen-bond donors (Lipinski definition) is 0. The normalized spacial score (nSPS) is 12.2. The number of benzene rings is 2. The minimum absolute atomic E-state index is 0.190. The van der Waals surface area contributed by atoms with Gasteiger partial charge < -0.3 is 18.5 Å². The van der Waals surface area contributed by atoms with E-state index in [1.165, 1.54) is 22.5 Å². The largest absolute Gasteiger partial charge is 0.493 e. The molecule has 0 aliphatic rings. The number of aryl methyl sites for hydroxylation is 2. The van der Waals surface area contributed by atoms with Crippen molar-refractivity contribution >= 4 is 38.4 Å². The predicted molar refractivity (Wildman–Crippen MR) is 118 cm³/mol. The Morgan fingerprint density at radius 2 is 2.00 bits per heavy atom. The highest BCUT2D eigenvalue weighted by Crippen LogP contribution is 2.29. The van der Waals surface area contributed by atoms with Gasteiger partial charge in [-0.3, -0.25) is 4.79 Å². The highest BCUT2D eigenvalue weighted by atomic mass is 32.1. The molecule has 30 heavy (non-hydrogen) atoms. The molecule has 2 heterocycles. The van der Waals surface area contributed by atoms with Gasteiger partial charge in [0.2, 0.25) is 0 Å². The maximum atomic E-state index is 12.9. The van der Waals surface area contributed by atoms with E-state index < -0.39 is 5.91 Å². The number of furan rings is 1. The van der Waals surface area contributed by atoms with Crippen molar-refractivity contribution in [1.82, 2.24) is 4.57 Å². The third-order valence-corrected chi connectivity index (χ3v) is 6.14. The number of carbonyl (C=O) groups excluding carboxylic acids is 1. The number of amides is 1. The minimum atomic E-state index is -0.418. The molecule has 0 saturated heterocycles. The smallest absolute Gasteiger partial charge is 0.315 e. The van der Waals surface area contributed by atoms with Crippen LogP contribution in [0.15, 0.2) is 45.8 Å². The van der Waals surface area contributed by atoms with Crippen molar-refractivity contribution in [3.63, 3.8) is 0 Å². The second-order valence-electron chi connectivity index (χ2n) is 7.04. The molecule has 0 fully saturated rings. The van der Waals surface area contributed by atoms with Gasteiger partial charge in [0.25, 0.3) is 0 Å². The first-order valence-electron chi connectivity index (χ1n) is 9.85. The lowest BCUT2D eigenvalue weighted by Gasteiger charge is -2.07. The Morgan fingerprint density at radius 3 is 2.77 bits per heavy atom. The van der Waals surface area contributed by atoms with Gasteiger partial charge in [0.05, 0.1) is 23.9 Å². The topological polar surface area (TPSA) is 66.0 Å². The maximum Gasteiger partial charge on any atom is 0.315 e. The molecule has 0 saturated carbocycles. The summed E-state index contributed by atoms with van der Waals surface area (Å²) in [6.07, 6.45) is 0. The number of fused-ring (bicyclic) bond motifs is 2. The fourth-order valence-corrected chi connectivity index (χ4v) is 4.50. The lowest BCUT2D eigenvalue weighted by molar-refractivity contribution is 0.0972. The molecule has 0 unspecified atom stereocenters. The molecule has 0 radical (unpaired) electrons. The van der Waals surface area contributed by atoms with Crippen LogP contribution in [0.3, 0.4) is 0 Å². The van der Waals surface area contributed by atoms with Gasteiger partial charge in [0.15, 0.2) is 21.9 Å². The molecule has 0 spiro atoms. The number of hydrogen-bond acceptors (Lipinski definition) is 5. The number of rotatable bonds is 6. The molecule has 7 heteroatoms. The maximum absolute atomic E-state index is 12.9. The Morgan fingerprint density at radius 1 is 1.20 bits per heavy atom. The molecule has 0 N–H and O–H groups in total. The summed E-state index contributed by atoms with van der Waals surface area (Å²) in [5.41, 5.74) is 4.02. The summed E-state index contributed by atoms with van der Waals surface area (Å²) in [5.74, 6) is 0.361. The van der Waals surface area contributed by atoms with Crippen LogP contribution in [0.4, 0.5) is 0 Å². The molecule has 156 valence electrons. The van der Waals surface area contributed by atoms with E-state index in [2.05, 4.69) is 31.0 Å². The number of thiazole rings is 1. The Bertz CT molecular complexity index is 1300. The molecular formula is C23H24N2O4S. The molecule has 2 aromatic heterocycles. The Kier molecular flexibility index (Phi) is 5.74. The van der Waals surface area contributed by atoms with Crippen molar-refractivity contribution in [2.45, 2.75) is 27.3 Å². The summed E-state index contributed by atoms with van der Waals surface area (Å²) in [7, 11) is 1.58. The average molecular weight is 425 g/mol. The number of nitrogens with zero attached hydrogens (tertiary/aromatic N) is 2. The van der Waals surface area contributed by atoms with E-state index in [-0.39, 0.29) is 5.76 Å². The van der Waals surface area contributed by atoms with Crippen LogP contribution in [0.25, 0.3) is 21.2 Å². The van der Waals surface area contributed by atoms with Gasteiger partial charge in [0.1, 0.15) is 0 Å². The van der Waals surface area contributed by atoms with Gasteiger partial charge in [-0.25, -0.2) is 0 Å². The van der Waals surface area contributed by atoms with Crippen LogP contribution < -0.4 is 9.54 Å². The number of ether oxygens (including phenoxy) is 2. The highest BCUT2D eigenvalue weighted by Gasteiger charge is 2.16. The minimum Gasteiger partial charge on any atom is -0.493 e. The fourth-order valence-electron chi connectivity index (χ4n) is 3.37. The van der Waals surface area contributed by atoms with E-state index >= 15 is 0 Å². The number of carbonyl (C=O) groups is 1. The Balaban J connectivity index is 1.81. The zero-order valence-corrected chi connectivity index (χ0v) is 18.3. The first kappa shape index (κ1) is 20.4. The monoisotopic (exact) mass is 424 g/mol. The summed E-state index contributed by atoms with van der Waals surface area (Å²) < 4.78 is 19.8. The first-order valence-corrected chi connectivity index (χ1v) is 10.7. The number of aromatic nitrogens is 1. The van der Waals surface area contributed by atoms with Crippen LogP contribution in [0.5, 0.6) is 5.75 Å². The number of methoxy groups -OCH3 is 1. The van der Waals surface area contributed by atoms with Crippen molar-refractivity contribution in [2.75, 3.05) is 20.3 Å². The SMILES string of the molecule is CCOCCn1c(=NC(=O)c2cc3cccc(OC)c3o2)sc2cc(C)c(C)cc21. The van der Waals surface area contributed by atoms with Gasteiger partial charge in [-0.15, -0.1) is 0 Å². The molecule has 6 nitrogen and oxygen atoms in total. The van der Waals surface area contributed by atoms with Crippen molar-refractivity contribution < 1.29 is 18.7 Å². The molecule has 0 atom stereocenters. The quantitative estimate of drug-likeness (QED) is 0.415. The average Bonchev–Trinajstić information content (AvgIpc) is 3.30. The summed E-state index contributed by atoms with van der Waals surface area (Å²) >= 11 is 1.50. The van der Waals surface area contributed by atoms with Crippen LogP contribution in [-0.4, -0.2) is 30.8 Å². The van der Waals surface area contributed by atoms with E-state index in [1.807, 2.05) is 23.6 Å². The van der Waals surface area contributed by atoms with Crippen LogP contribution in [0.2, 0.25) is 0 Å². The van der Waals surface area contributed by atoms with Crippen LogP contribution >= 0.6 is 11.3 Å². The number of para-hydroxylation sites is 1. The molecule has 0 aliphatic heterocycles. The van der Waals surface area contributed by atoms with E-state index in [0.717, 1.165) is 15.6 Å². The van der Waals surface area contributed by atoms with Crippen molar-refractivity contribution in [2.24, 2.45) is 4.99 Å². The third kappa shape index (κ3) is 3.78. The fraction of sp³-hybridized carbons (Fsp3) is 0.304. The first-order chi connectivity index (χ1) is 14.5. The van der Waals surface area contributed by atoms with Gasteiger partial charge in [-0.05, 0) is 56.2 Å². The standard InChI is InChI=1S/C23H24N2O4S/c1-5-28-10-9-25-17-11-14(2)15(3)12-20(17)30-23(25)24-22(26)19-13-16-7-6-8-18(27-4)21(16)29-19/h6-8,11-13H,5,9-10H2,1-4H3. The van der Waals surface area contributed by atoms with Gasteiger partial charge in [0, 0.05) is 18.5 Å². The molecule has 4 rings (SSSR count). The van der Waals surface area contributed by atoms with E-state index in [0.29, 0.717) is 35.9 Å². The van der Waals surface area contributed by atoms with Crippen LogP contribution in [0.1, 0.15) is 28.6 Å². The third-order valence-electron chi connectivity index (χ3n) is 5.10. The molecular weight excluding hydrogens is 400 g/mol. The van der Waals surface area contributed by atoms with Crippen molar-refractivity contribution in [3.8, 4) is 5.75 Å². The molecule has 1 amide bonds. The summed E-state index contributed by atoms with van der Waals surface area (Å²) in [5, 5.41) is 0.805. The Labute approximate surface area is 178 Å². The molecule has 2 aromatic carbocycles. The second kappa shape index (κ2) is 8.45. The second-order valence-corrected chi connectivity index (χ2v) is 8.05.